The number of rotatable bonds is 4. The van der Waals surface area contributed by atoms with Crippen LogP contribution in [0.15, 0.2) is 188 Å². The van der Waals surface area contributed by atoms with Gasteiger partial charge in [0, 0.05) is 54.6 Å². The number of nitrogens with zero attached hydrogens (tertiary/aromatic N) is 3. The first-order chi connectivity index (χ1) is 25.8. The van der Waals surface area contributed by atoms with E-state index in [0.29, 0.717) is 0 Å². The first-order valence-electron chi connectivity index (χ1n) is 17.8. The summed E-state index contributed by atoms with van der Waals surface area (Å²) in [6, 6.07) is 67.8. The molecule has 0 radical (unpaired) electrons. The molecule has 3 heterocycles. The molecule has 3 aromatic heterocycles. The van der Waals surface area contributed by atoms with Crippen LogP contribution in [0.5, 0.6) is 0 Å². The van der Waals surface area contributed by atoms with E-state index in [2.05, 4.69) is 197 Å². The van der Waals surface area contributed by atoms with Gasteiger partial charge < -0.3 is 9.13 Å². The molecule has 0 bridgehead atoms. The highest BCUT2D eigenvalue weighted by Gasteiger charge is 2.20. The molecule has 0 fully saturated rings. The van der Waals surface area contributed by atoms with Crippen molar-refractivity contribution in [3.8, 4) is 33.8 Å². The van der Waals surface area contributed by atoms with Gasteiger partial charge in [-0.15, -0.1) is 0 Å². The maximum Gasteiger partial charge on any atom is 0.0788 e. The number of pyridine rings is 1. The van der Waals surface area contributed by atoms with Crippen molar-refractivity contribution in [1.29, 1.82) is 0 Å². The highest BCUT2D eigenvalue weighted by molar-refractivity contribution is 6.27. The second kappa shape index (κ2) is 11.3. The van der Waals surface area contributed by atoms with Crippen LogP contribution in [0.3, 0.4) is 0 Å². The lowest BCUT2D eigenvalue weighted by Crippen LogP contribution is -1.97. The fourth-order valence-electron chi connectivity index (χ4n) is 8.41. The van der Waals surface area contributed by atoms with Gasteiger partial charge in [0.1, 0.15) is 0 Å². The Morgan fingerprint density at radius 2 is 0.904 bits per heavy atom. The molecule has 8 aromatic carbocycles. The number of hydrogen-bond donors (Lipinski definition) is 0. The zero-order valence-corrected chi connectivity index (χ0v) is 28.2. The number of benzene rings is 8. The molecule has 52 heavy (non-hydrogen) atoms. The minimum absolute atomic E-state index is 0.995. The molecule has 3 nitrogen and oxygen atoms in total. The first kappa shape index (κ1) is 28.8. The van der Waals surface area contributed by atoms with Crippen molar-refractivity contribution in [3.63, 3.8) is 0 Å². The number of fused-ring (bicyclic) bond motifs is 10. The van der Waals surface area contributed by atoms with Crippen molar-refractivity contribution in [2.45, 2.75) is 0 Å². The second-order valence-corrected chi connectivity index (χ2v) is 13.6. The SMILES string of the molecule is c1ccc(-c2nc3ccccc3c3c2ccc2c4ccccc4n(-c4cccc(-c5ccc6c(c5)c5ccccc5n6-c5ccccc5)c4)c23)cc1. The van der Waals surface area contributed by atoms with E-state index in [9.17, 15) is 0 Å². The van der Waals surface area contributed by atoms with E-state index in [-0.39, 0.29) is 0 Å². The van der Waals surface area contributed by atoms with Crippen LogP contribution in [0.4, 0.5) is 0 Å². The summed E-state index contributed by atoms with van der Waals surface area (Å²) in [5.74, 6) is 0. The Kier molecular flexibility index (Phi) is 6.25. The van der Waals surface area contributed by atoms with Gasteiger partial charge in [0.25, 0.3) is 0 Å². The average Bonchev–Trinajstić information content (AvgIpc) is 3.74. The zero-order chi connectivity index (χ0) is 34.2. The van der Waals surface area contributed by atoms with Gasteiger partial charge in [-0.3, -0.25) is 0 Å². The first-order valence-corrected chi connectivity index (χ1v) is 17.8. The van der Waals surface area contributed by atoms with Crippen molar-refractivity contribution in [1.82, 2.24) is 14.1 Å². The summed E-state index contributed by atoms with van der Waals surface area (Å²) in [5.41, 5.74) is 12.6. The van der Waals surface area contributed by atoms with E-state index in [0.717, 1.165) is 33.2 Å². The summed E-state index contributed by atoms with van der Waals surface area (Å²) >= 11 is 0. The largest absolute Gasteiger partial charge is 0.309 e. The maximum atomic E-state index is 5.25. The molecule has 0 N–H and O–H groups in total. The minimum Gasteiger partial charge on any atom is -0.309 e. The van der Waals surface area contributed by atoms with E-state index >= 15 is 0 Å². The lowest BCUT2D eigenvalue weighted by Gasteiger charge is -2.15. The molecule has 0 aliphatic heterocycles. The molecule has 0 aliphatic carbocycles. The fraction of sp³-hybridized carbons (Fsp3) is 0. The second-order valence-electron chi connectivity index (χ2n) is 13.6. The van der Waals surface area contributed by atoms with Gasteiger partial charge in [0.05, 0.1) is 33.3 Å². The average molecular weight is 662 g/mol. The topological polar surface area (TPSA) is 22.8 Å². The molecular weight excluding hydrogens is 631 g/mol. The Hall–Kier alpha value is -6.97. The Morgan fingerprint density at radius 3 is 1.71 bits per heavy atom. The lowest BCUT2D eigenvalue weighted by atomic mass is 9.97. The van der Waals surface area contributed by atoms with E-state index in [1.165, 1.54) is 65.8 Å². The molecule has 242 valence electrons. The summed E-state index contributed by atoms with van der Waals surface area (Å²) in [5, 5.41) is 8.50. The van der Waals surface area contributed by atoms with Crippen LogP contribution in [0.1, 0.15) is 0 Å². The maximum absolute atomic E-state index is 5.25. The summed E-state index contributed by atoms with van der Waals surface area (Å²) in [6.07, 6.45) is 0. The van der Waals surface area contributed by atoms with E-state index in [1.807, 2.05) is 0 Å². The molecule has 3 heteroatoms. The van der Waals surface area contributed by atoms with E-state index in [4.69, 9.17) is 4.98 Å². The third kappa shape index (κ3) is 4.23. The van der Waals surface area contributed by atoms with Crippen molar-refractivity contribution in [2.24, 2.45) is 0 Å². The third-order valence-corrected chi connectivity index (χ3v) is 10.7. The van der Waals surface area contributed by atoms with Gasteiger partial charge in [-0.25, -0.2) is 4.98 Å². The van der Waals surface area contributed by atoms with Crippen LogP contribution < -0.4 is 0 Å². The van der Waals surface area contributed by atoms with Crippen LogP contribution in [0.25, 0.3) is 99.0 Å². The zero-order valence-electron chi connectivity index (χ0n) is 28.2. The van der Waals surface area contributed by atoms with E-state index in [1.54, 1.807) is 0 Å². The smallest absolute Gasteiger partial charge is 0.0788 e. The standard InChI is InChI=1S/C49H31N3/c1-3-14-32(15-4-1)48-41-28-27-39-37-20-8-12-25-45(37)52(49(39)47(41)40-22-7-10-23-43(40)50-48)36-19-13-16-33(30-36)34-26-29-46-42(31-34)38-21-9-11-24-44(38)51(46)35-17-5-2-6-18-35/h1-31H. The molecule has 0 unspecified atom stereocenters. The van der Waals surface area contributed by atoms with Gasteiger partial charge in [0.2, 0.25) is 0 Å². The molecule has 0 saturated heterocycles. The number of aromatic nitrogens is 3. The van der Waals surface area contributed by atoms with Crippen LogP contribution in [0, 0.1) is 0 Å². The van der Waals surface area contributed by atoms with Crippen molar-refractivity contribution in [3.05, 3.63) is 188 Å². The van der Waals surface area contributed by atoms with Crippen molar-refractivity contribution < 1.29 is 0 Å². The van der Waals surface area contributed by atoms with Crippen LogP contribution in [0.2, 0.25) is 0 Å². The monoisotopic (exact) mass is 661 g/mol. The molecule has 11 rings (SSSR count). The predicted octanol–water partition coefficient (Wildman–Crippen LogP) is 12.9. The highest BCUT2D eigenvalue weighted by Crippen LogP contribution is 2.42. The Morgan fingerprint density at radius 1 is 0.327 bits per heavy atom. The Balaban J connectivity index is 1.18. The van der Waals surface area contributed by atoms with Crippen molar-refractivity contribution >= 4 is 65.3 Å². The van der Waals surface area contributed by atoms with Crippen LogP contribution in [-0.2, 0) is 0 Å². The molecule has 0 spiro atoms. The quantitative estimate of drug-likeness (QED) is 0.172. The lowest BCUT2D eigenvalue weighted by molar-refractivity contribution is 1.18. The van der Waals surface area contributed by atoms with Gasteiger partial charge in [0.15, 0.2) is 0 Å². The summed E-state index contributed by atoms with van der Waals surface area (Å²) in [6.45, 7) is 0. The third-order valence-electron chi connectivity index (χ3n) is 10.7. The molecule has 11 aromatic rings. The Bertz CT molecular complexity index is 3170. The molecule has 0 aliphatic rings. The number of para-hydroxylation sites is 4. The fourth-order valence-corrected chi connectivity index (χ4v) is 8.41. The normalized spacial score (nSPS) is 11.8. The molecule has 0 saturated carbocycles. The van der Waals surface area contributed by atoms with Gasteiger partial charge in [-0.1, -0.05) is 133 Å². The van der Waals surface area contributed by atoms with Gasteiger partial charge in [-0.2, -0.15) is 0 Å². The van der Waals surface area contributed by atoms with Crippen LogP contribution in [-0.4, -0.2) is 14.1 Å². The molecule has 0 atom stereocenters. The van der Waals surface area contributed by atoms with Crippen molar-refractivity contribution in [2.75, 3.05) is 0 Å². The predicted molar refractivity (Wildman–Crippen MR) is 219 cm³/mol. The number of hydrogen-bond acceptors (Lipinski definition) is 1. The van der Waals surface area contributed by atoms with E-state index < -0.39 is 0 Å². The minimum atomic E-state index is 0.995. The summed E-state index contributed by atoms with van der Waals surface area (Å²) in [7, 11) is 0. The summed E-state index contributed by atoms with van der Waals surface area (Å²) in [4.78, 5) is 5.25. The Labute approximate surface area is 300 Å². The van der Waals surface area contributed by atoms with Gasteiger partial charge >= 0.3 is 0 Å². The summed E-state index contributed by atoms with van der Waals surface area (Å²) < 4.78 is 4.84. The van der Waals surface area contributed by atoms with Gasteiger partial charge in [-0.05, 0) is 65.7 Å². The molecular formula is C49H31N3. The highest BCUT2D eigenvalue weighted by atomic mass is 15.0. The molecule has 0 amide bonds. The van der Waals surface area contributed by atoms with Crippen LogP contribution >= 0.6 is 0 Å².